The first-order valence-corrected chi connectivity index (χ1v) is 8.96. The highest BCUT2D eigenvalue weighted by Crippen LogP contribution is 2.08. The van der Waals surface area contributed by atoms with E-state index >= 15 is 0 Å². The Kier molecular flexibility index (Phi) is 7.00. The number of nitrogens with zero attached hydrogens (tertiary/aromatic N) is 2. The molecule has 0 spiro atoms. The van der Waals surface area contributed by atoms with Gasteiger partial charge in [0, 0.05) is 38.3 Å². The first-order valence-electron chi connectivity index (χ1n) is 8.96. The summed E-state index contributed by atoms with van der Waals surface area (Å²) in [6, 6.07) is 10.4. The molecule has 0 unspecified atom stereocenters. The van der Waals surface area contributed by atoms with Crippen LogP contribution in [0.3, 0.4) is 0 Å². The third-order valence-corrected chi connectivity index (χ3v) is 4.67. The van der Waals surface area contributed by atoms with Crippen LogP contribution in [-0.2, 0) is 4.79 Å². The summed E-state index contributed by atoms with van der Waals surface area (Å²) in [5.74, 6) is 0.138. The van der Waals surface area contributed by atoms with Crippen molar-refractivity contribution < 1.29 is 4.79 Å². The standard InChI is InChI=1S/C20H31N3O/c1-4-20(2,3)21-19(24)17-23-15-13-22(14-16-23)12-8-11-18-9-6-5-7-10-18/h5-11H,4,12-17H2,1-3H3,(H,21,24)/b11-8+. The van der Waals surface area contributed by atoms with Crippen LogP contribution in [0.15, 0.2) is 36.4 Å². The molecule has 1 saturated heterocycles. The lowest BCUT2D eigenvalue weighted by molar-refractivity contribution is -0.124. The summed E-state index contributed by atoms with van der Waals surface area (Å²) in [4.78, 5) is 16.8. The van der Waals surface area contributed by atoms with Gasteiger partial charge in [0.05, 0.1) is 6.54 Å². The number of hydrogen-bond donors (Lipinski definition) is 1. The summed E-state index contributed by atoms with van der Waals surface area (Å²) < 4.78 is 0. The molecular formula is C20H31N3O. The molecule has 0 atom stereocenters. The fourth-order valence-electron chi connectivity index (χ4n) is 2.74. The summed E-state index contributed by atoms with van der Waals surface area (Å²) in [5, 5.41) is 3.11. The second-order valence-corrected chi connectivity index (χ2v) is 7.18. The molecule has 2 rings (SSSR count). The van der Waals surface area contributed by atoms with Crippen molar-refractivity contribution in [2.24, 2.45) is 0 Å². The average Bonchev–Trinajstić information content (AvgIpc) is 2.57. The average molecular weight is 329 g/mol. The Morgan fingerprint density at radius 3 is 2.38 bits per heavy atom. The molecule has 1 N–H and O–H groups in total. The first-order chi connectivity index (χ1) is 11.5. The van der Waals surface area contributed by atoms with Crippen molar-refractivity contribution in [3.8, 4) is 0 Å². The minimum absolute atomic E-state index is 0.110. The zero-order chi connectivity index (χ0) is 17.4. The van der Waals surface area contributed by atoms with Gasteiger partial charge in [0.25, 0.3) is 0 Å². The molecule has 1 amide bonds. The molecule has 4 nitrogen and oxygen atoms in total. The van der Waals surface area contributed by atoms with Crippen molar-refractivity contribution in [2.45, 2.75) is 32.7 Å². The molecular weight excluding hydrogens is 298 g/mol. The van der Waals surface area contributed by atoms with Gasteiger partial charge in [-0.15, -0.1) is 0 Å². The number of nitrogens with one attached hydrogen (secondary N) is 1. The highest BCUT2D eigenvalue weighted by molar-refractivity contribution is 5.78. The van der Waals surface area contributed by atoms with Crippen LogP contribution in [-0.4, -0.2) is 60.5 Å². The predicted octanol–water partition coefficient (Wildman–Crippen LogP) is 2.62. The van der Waals surface area contributed by atoms with Gasteiger partial charge in [0.15, 0.2) is 0 Å². The lowest BCUT2D eigenvalue weighted by atomic mass is 10.0. The maximum absolute atomic E-state index is 12.1. The highest BCUT2D eigenvalue weighted by Gasteiger charge is 2.22. The zero-order valence-corrected chi connectivity index (χ0v) is 15.3. The Labute approximate surface area is 146 Å². The third-order valence-electron chi connectivity index (χ3n) is 4.67. The predicted molar refractivity (Wildman–Crippen MR) is 101 cm³/mol. The van der Waals surface area contributed by atoms with Gasteiger partial charge in [0.2, 0.25) is 5.91 Å². The van der Waals surface area contributed by atoms with Gasteiger partial charge in [-0.05, 0) is 25.8 Å². The van der Waals surface area contributed by atoms with Crippen molar-refractivity contribution >= 4 is 12.0 Å². The smallest absolute Gasteiger partial charge is 0.234 e. The number of amides is 1. The molecule has 1 fully saturated rings. The molecule has 0 radical (unpaired) electrons. The lowest BCUT2D eigenvalue weighted by Gasteiger charge is -2.34. The van der Waals surface area contributed by atoms with E-state index in [9.17, 15) is 4.79 Å². The summed E-state index contributed by atoms with van der Waals surface area (Å²) in [5.41, 5.74) is 1.13. The molecule has 1 aromatic rings. The van der Waals surface area contributed by atoms with E-state index in [1.165, 1.54) is 5.56 Å². The molecule has 4 heteroatoms. The van der Waals surface area contributed by atoms with E-state index in [0.29, 0.717) is 6.54 Å². The van der Waals surface area contributed by atoms with E-state index in [1.807, 2.05) is 6.07 Å². The number of piperazine rings is 1. The summed E-state index contributed by atoms with van der Waals surface area (Å²) >= 11 is 0. The number of carbonyl (C=O) groups excluding carboxylic acids is 1. The van der Waals surface area contributed by atoms with Crippen LogP contribution in [0.5, 0.6) is 0 Å². The maximum Gasteiger partial charge on any atom is 0.234 e. The second-order valence-electron chi connectivity index (χ2n) is 7.18. The van der Waals surface area contributed by atoms with Crippen molar-refractivity contribution in [3.63, 3.8) is 0 Å². The van der Waals surface area contributed by atoms with E-state index in [1.54, 1.807) is 0 Å². The van der Waals surface area contributed by atoms with Gasteiger partial charge < -0.3 is 5.32 Å². The molecule has 0 aliphatic carbocycles. The Balaban J connectivity index is 1.68. The van der Waals surface area contributed by atoms with Crippen LogP contribution in [0.1, 0.15) is 32.8 Å². The maximum atomic E-state index is 12.1. The van der Waals surface area contributed by atoms with Crippen molar-refractivity contribution in [1.82, 2.24) is 15.1 Å². The van der Waals surface area contributed by atoms with Crippen molar-refractivity contribution in [3.05, 3.63) is 42.0 Å². The molecule has 0 bridgehead atoms. The zero-order valence-electron chi connectivity index (χ0n) is 15.3. The largest absolute Gasteiger partial charge is 0.350 e. The molecule has 1 aliphatic heterocycles. The lowest BCUT2D eigenvalue weighted by Crippen LogP contribution is -2.52. The minimum atomic E-state index is -0.110. The third kappa shape index (κ3) is 6.46. The molecule has 1 aromatic carbocycles. The van der Waals surface area contributed by atoms with Crippen molar-refractivity contribution in [2.75, 3.05) is 39.3 Å². The SMILES string of the molecule is CCC(C)(C)NC(=O)CN1CCN(C/C=C/c2ccccc2)CC1. The first kappa shape index (κ1) is 18.7. The fourth-order valence-corrected chi connectivity index (χ4v) is 2.74. The van der Waals surface area contributed by atoms with Crippen LogP contribution in [0.25, 0.3) is 6.08 Å². The Bertz CT molecular complexity index is 531. The Morgan fingerprint density at radius 2 is 1.75 bits per heavy atom. The summed E-state index contributed by atoms with van der Waals surface area (Å²) in [6.45, 7) is 11.7. The number of benzene rings is 1. The normalized spacial score (nSPS) is 17.3. The summed E-state index contributed by atoms with van der Waals surface area (Å²) in [6.07, 6.45) is 5.34. The topological polar surface area (TPSA) is 35.6 Å². The number of hydrogen-bond acceptors (Lipinski definition) is 3. The second kappa shape index (κ2) is 9.00. The van der Waals surface area contributed by atoms with Crippen LogP contribution in [0.4, 0.5) is 0 Å². The van der Waals surface area contributed by atoms with E-state index in [2.05, 4.69) is 72.3 Å². The molecule has 24 heavy (non-hydrogen) atoms. The minimum Gasteiger partial charge on any atom is -0.350 e. The molecule has 1 heterocycles. The number of rotatable bonds is 7. The molecule has 1 aliphatic rings. The molecule has 132 valence electrons. The van der Waals surface area contributed by atoms with Gasteiger partial charge in [-0.1, -0.05) is 49.4 Å². The van der Waals surface area contributed by atoms with E-state index in [-0.39, 0.29) is 11.4 Å². The Hall–Kier alpha value is -1.65. The monoisotopic (exact) mass is 329 g/mol. The van der Waals surface area contributed by atoms with E-state index < -0.39 is 0 Å². The van der Waals surface area contributed by atoms with Gasteiger partial charge in [-0.2, -0.15) is 0 Å². The Morgan fingerprint density at radius 1 is 1.12 bits per heavy atom. The molecule has 0 saturated carbocycles. The van der Waals surface area contributed by atoms with Gasteiger partial charge in [0.1, 0.15) is 0 Å². The van der Waals surface area contributed by atoms with Gasteiger partial charge >= 0.3 is 0 Å². The van der Waals surface area contributed by atoms with E-state index in [4.69, 9.17) is 0 Å². The van der Waals surface area contributed by atoms with E-state index in [0.717, 1.165) is 39.1 Å². The van der Waals surface area contributed by atoms with Crippen LogP contribution in [0.2, 0.25) is 0 Å². The molecule has 0 aromatic heterocycles. The quantitative estimate of drug-likeness (QED) is 0.835. The van der Waals surface area contributed by atoms with Crippen molar-refractivity contribution in [1.29, 1.82) is 0 Å². The highest BCUT2D eigenvalue weighted by atomic mass is 16.2. The van der Waals surface area contributed by atoms with Gasteiger partial charge in [-0.25, -0.2) is 0 Å². The number of carbonyl (C=O) groups is 1. The van der Waals surface area contributed by atoms with Crippen LogP contribution >= 0.6 is 0 Å². The fraction of sp³-hybridized carbons (Fsp3) is 0.550. The van der Waals surface area contributed by atoms with Gasteiger partial charge in [-0.3, -0.25) is 14.6 Å². The van der Waals surface area contributed by atoms with Crippen LogP contribution < -0.4 is 5.32 Å². The summed E-state index contributed by atoms with van der Waals surface area (Å²) in [7, 11) is 0. The van der Waals surface area contributed by atoms with Crippen LogP contribution in [0, 0.1) is 0 Å².